The number of Topliss-reactive ketones (excluding diaryl/α,β-unsaturated/α-hetero) is 1. The van der Waals surface area contributed by atoms with Crippen LogP contribution in [-0.2, 0) is 10.7 Å². The number of aliphatic hydroxyl groups is 1. The average Bonchev–Trinajstić information content (AvgIpc) is 2.37. The van der Waals surface area contributed by atoms with E-state index in [-0.39, 0.29) is 35.1 Å². The summed E-state index contributed by atoms with van der Waals surface area (Å²) in [6.07, 6.45) is -1.69. The third kappa shape index (κ3) is 3.22. The topological polar surface area (TPSA) is 74.6 Å². The summed E-state index contributed by atoms with van der Waals surface area (Å²) in [6, 6.07) is 4.63. The van der Waals surface area contributed by atoms with Crippen molar-refractivity contribution in [2.75, 3.05) is 5.88 Å². The molecular weight excluding hydrogens is 279 g/mol. The number of aliphatic hydroxyl groups excluding tert-OH is 1. The molecule has 0 fully saturated rings. The molecular formula is C12H12Cl2O4. The molecule has 0 aliphatic carbocycles. The van der Waals surface area contributed by atoms with Crippen LogP contribution in [0.5, 0.6) is 0 Å². The lowest BCUT2D eigenvalue weighted by Crippen LogP contribution is -2.17. The minimum Gasteiger partial charge on any atom is -0.479 e. The summed E-state index contributed by atoms with van der Waals surface area (Å²) < 4.78 is 0. The predicted molar refractivity (Wildman–Crippen MR) is 68.3 cm³/mol. The van der Waals surface area contributed by atoms with Crippen LogP contribution in [0.25, 0.3) is 0 Å². The fraction of sp³-hybridized carbons (Fsp3) is 0.333. The van der Waals surface area contributed by atoms with Crippen LogP contribution in [0.3, 0.4) is 0 Å². The van der Waals surface area contributed by atoms with Crippen LogP contribution in [0.2, 0.25) is 0 Å². The maximum absolute atomic E-state index is 11.8. The molecule has 2 N–H and O–H groups in total. The van der Waals surface area contributed by atoms with Crippen molar-refractivity contribution in [3.05, 3.63) is 34.9 Å². The van der Waals surface area contributed by atoms with E-state index in [1.807, 2.05) is 0 Å². The summed E-state index contributed by atoms with van der Waals surface area (Å²) in [4.78, 5) is 22.7. The summed E-state index contributed by atoms with van der Waals surface area (Å²) in [5.41, 5.74) is 0.630. The van der Waals surface area contributed by atoms with E-state index in [1.165, 1.54) is 6.07 Å². The third-order valence-corrected chi connectivity index (χ3v) is 2.95. The Morgan fingerprint density at radius 1 is 1.28 bits per heavy atom. The Morgan fingerprint density at radius 3 is 2.44 bits per heavy atom. The second kappa shape index (κ2) is 6.73. The number of aliphatic carboxylic acids is 1. The Balaban J connectivity index is 3.33. The van der Waals surface area contributed by atoms with Crippen LogP contribution in [0, 0.1) is 0 Å². The Kier molecular flexibility index (Phi) is 5.59. The normalized spacial score (nSPS) is 12.2. The highest BCUT2D eigenvalue weighted by atomic mass is 35.5. The lowest BCUT2D eigenvalue weighted by atomic mass is 9.93. The van der Waals surface area contributed by atoms with Gasteiger partial charge in [-0.05, 0) is 5.56 Å². The summed E-state index contributed by atoms with van der Waals surface area (Å²) in [5.74, 6) is -1.59. The van der Waals surface area contributed by atoms with E-state index in [0.29, 0.717) is 5.56 Å². The molecule has 0 radical (unpaired) electrons. The summed E-state index contributed by atoms with van der Waals surface area (Å²) in [7, 11) is 0. The number of hydrogen-bond donors (Lipinski definition) is 2. The molecule has 0 aliphatic heterocycles. The second-order valence-corrected chi connectivity index (χ2v) is 4.26. The van der Waals surface area contributed by atoms with Crippen LogP contribution in [0.1, 0.15) is 34.0 Å². The van der Waals surface area contributed by atoms with Gasteiger partial charge in [-0.15, -0.1) is 23.2 Å². The van der Waals surface area contributed by atoms with Gasteiger partial charge in [-0.2, -0.15) is 0 Å². The first kappa shape index (κ1) is 15.0. The first-order chi connectivity index (χ1) is 8.52. The molecule has 0 aromatic heterocycles. The maximum Gasteiger partial charge on any atom is 0.337 e. The van der Waals surface area contributed by atoms with Gasteiger partial charge in [-0.3, -0.25) is 4.79 Å². The molecule has 1 rings (SSSR count). The number of benzene rings is 1. The van der Waals surface area contributed by atoms with E-state index >= 15 is 0 Å². The van der Waals surface area contributed by atoms with Gasteiger partial charge < -0.3 is 10.2 Å². The molecule has 98 valence electrons. The van der Waals surface area contributed by atoms with Crippen molar-refractivity contribution < 1.29 is 19.8 Å². The van der Waals surface area contributed by atoms with Crippen molar-refractivity contribution in [2.24, 2.45) is 0 Å². The standard InChI is InChI=1S/C12H12Cl2O4/c13-5-4-9(15)8-3-1-2-7(6-14)10(8)11(16)12(17)18/h1-3,11,16H,4-6H2,(H,17,18). The molecule has 0 saturated carbocycles. The van der Waals surface area contributed by atoms with Crippen LogP contribution in [0.4, 0.5) is 0 Å². The van der Waals surface area contributed by atoms with Crippen molar-refractivity contribution in [3.8, 4) is 0 Å². The van der Waals surface area contributed by atoms with Gasteiger partial charge in [0.05, 0.1) is 0 Å². The highest BCUT2D eigenvalue weighted by Crippen LogP contribution is 2.25. The van der Waals surface area contributed by atoms with Crippen LogP contribution in [0.15, 0.2) is 18.2 Å². The zero-order valence-corrected chi connectivity index (χ0v) is 10.9. The minimum absolute atomic E-state index is 0.0155. The molecule has 1 atom stereocenters. The van der Waals surface area contributed by atoms with Crippen molar-refractivity contribution in [3.63, 3.8) is 0 Å². The van der Waals surface area contributed by atoms with Gasteiger partial charge in [0, 0.05) is 29.3 Å². The molecule has 6 heteroatoms. The number of ketones is 1. The van der Waals surface area contributed by atoms with Gasteiger partial charge in [-0.1, -0.05) is 18.2 Å². The van der Waals surface area contributed by atoms with E-state index < -0.39 is 12.1 Å². The number of carboxylic acids is 1. The molecule has 18 heavy (non-hydrogen) atoms. The lowest BCUT2D eigenvalue weighted by molar-refractivity contribution is -0.147. The van der Waals surface area contributed by atoms with E-state index in [0.717, 1.165) is 0 Å². The Bertz CT molecular complexity index is 459. The van der Waals surface area contributed by atoms with Gasteiger partial charge in [0.2, 0.25) is 0 Å². The summed E-state index contributed by atoms with van der Waals surface area (Å²) in [5, 5.41) is 18.5. The van der Waals surface area contributed by atoms with Gasteiger partial charge in [0.1, 0.15) is 0 Å². The Morgan fingerprint density at radius 2 is 1.94 bits per heavy atom. The van der Waals surface area contributed by atoms with E-state index in [9.17, 15) is 14.7 Å². The molecule has 1 unspecified atom stereocenters. The third-order valence-electron chi connectivity index (χ3n) is 2.47. The zero-order chi connectivity index (χ0) is 13.7. The minimum atomic E-state index is -1.77. The molecule has 0 amide bonds. The number of carbonyl (C=O) groups excluding carboxylic acids is 1. The second-order valence-electron chi connectivity index (χ2n) is 3.61. The molecule has 4 nitrogen and oxygen atoms in total. The van der Waals surface area contributed by atoms with Gasteiger partial charge >= 0.3 is 5.97 Å². The van der Waals surface area contributed by atoms with Crippen LogP contribution in [-0.4, -0.2) is 27.8 Å². The van der Waals surface area contributed by atoms with Crippen molar-refractivity contribution in [1.29, 1.82) is 0 Å². The van der Waals surface area contributed by atoms with Gasteiger partial charge in [-0.25, -0.2) is 4.79 Å². The first-order valence-electron chi connectivity index (χ1n) is 5.20. The largest absolute Gasteiger partial charge is 0.479 e. The summed E-state index contributed by atoms with van der Waals surface area (Å²) >= 11 is 11.2. The molecule has 0 spiro atoms. The van der Waals surface area contributed by atoms with Crippen molar-refractivity contribution in [2.45, 2.75) is 18.4 Å². The highest BCUT2D eigenvalue weighted by Gasteiger charge is 2.25. The maximum atomic E-state index is 11.8. The Hall–Kier alpha value is -1.10. The molecule has 1 aromatic rings. The number of carboxylic acid groups (broad SMARTS) is 1. The summed E-state index contributed by atoms with van der Waals surface area (Å²) in [6.45, 7) is 0. The quantitative estimate of drug-likeness (QED) is 0.623. The smallest absolute Gasteiger partial charge is 0.337 e. The number of halogens is 2. The SMILES string of the molecule is O=C(CCCl)c1cccc(CCl)c1C(O)C(=O)O. The van der Waals surface area contributed by atoms with Crippen LogP contribution >= 0.6 is 23.2 Å². The fourth-order valence-corrected chi connectivity index (χ4v) is 2.04. The number of carbonyl (C=O) groups is 2. The van der Waals surface area contributed by atoms with E-state index in [4.69, 9.17) is 28.3 Å². The zero-order valence-electron chi connectivity index (χ0n) is 9.40. The van der Waals surface area contributed by atoms with E-state index in [1.54, 1.807) is 12.1 Å². The number of hydrogen-bond acceptors (Lipinski definition) is 3. The fourth-order valence-electron chi connectivity index (χ4n) is 1.64. The molecule has 0 heterocycles. The molecule has 0 bridgehead atoms. The highest BCUT2D eigenvalue weighted by molar-refractivity contribution is 6.20. The van der Waals surface area contributed by atoms with E-state index in [2.05, 4.69) is 0 Å². The van der Waals surface area contributed by atoms with Gasteiger partial charge in [0.15, 0.2) is 11.9 Å². The molecule has 0 aliphatic rings. The lowest BCUT2D eigenvalue weighted by Gasteiger charge is -2.15. The number of alkyl halides is 2. The average molecular weight is 291 g/mol. The molecule has 0 saturated heterocycles. The Labute approximate surface area is 114 Å². The van der Waals surface area contributed by atoms with Crippen LogP contribution < -0.4 is 0 Å². The predicted octanol–water partition coefficient (Wildman–Crippen LogP) is 2.35. The first-order valence-corrected chi connectivity index (χ1v) is 6.27. The van der Waals surface area contributed by atoms with Crippen molar-refractivity contribution >= 4 is 35.0 Å². The molecule has 1 aromatic carbocycles. The van der Waals surface area contributed by atoms with Crippen molar-refractivity contribution in [1.82, 2.24) is 0 Å². The monoisotopic (exact) mass is 290 g/mol. The number of rotatable bonds is 6. The van der Waals surface area contributed by atoms with Gasteiger partial charge in [0.25, 0.3) is 0 Å².